The summed E-state index contributed by atoms with van der Waals surface area (Å²) in [6, 6.07) is 0. The van der Waals surface area contributed by atoms with Gasteiger partial charge in [-0.15, -0.1) is 0 Å². The molecule has 3 nitrogen and oxygen atoms in total. The van der Waals surface area contributed by atoms with E-state index in [4.69, 9.17) is 0 Å². The van der Waals surface area contributed by atoms with Crippen molar-refractivity contribution in [1.82, 2.24) is 9.80 Å². The van der Waals surface area contributed by atoms with Gasteiger partial charge in [-0.25, -0.2) is 0 Å². The lowest BCUT2D eigenvalue weighted by Crippen LogP contribution is -2.39. The number of carbonyl (C=O) groups excluding carboxylic acids is 1. The molecule has 2 heterocycles. The molecular formula is C18H32N2O. The second-order valence-electron chi connectivity index (χ2n) is 7.66. The third kappa shape index (κ3) is 4.00. The Hall–Kier alpha value is -0.570. The molecule has 1 saturated carbocycles. The summed E-state index contributed by atoms with van der Waals surface area (Å²) in [4.78, 5) is 16.2. The first-order valence-corrected chi connectivity index (χ1v) is 9.20. The number of amides is 1. The van der Waals surface area contributed by atoms with Gasteiger partial charge in [0.1, 0.15) is 0 Å². The summed E-state index contributed by atoms with van der Waals surface area (Å²) in [6.45, 7) is 7.73. The summed E-state index contributed by atoms with van der Waals surface area (Å²) < 4.78 is 0. The summed E-state index contributed by atoms with van der Waals surface area (Å²) in [5.74, 6) is 3.02. The van der Waals surface area contributed by atoms with Crippen molar-refractivity contribution < 1.29 is 4.79 Å². The van der Waals surface area contributed by atoms with Crippen molar-refractivity contribution in [3.63, 3.8) is 0 Å². The van der Waals surface area contributed by atoms with Crippen molar-refractivity contribution in [1.29, 1.82) is 0 Å². The van der Waals surface area contributed by atoms with Gasteiger partial charge in [-0.3, -0.25) is 4.79 Å². The van der Waals surface area contributed by atoms with Crippen molar-refractivity contribution in [2.75, 3.05) is 32.7 Å². The van der Waals surface area contributed by atoms with Gasteiger partial charge in [0.05, 0.1) is 0 Å². The van der Waals surface area contributed by atoms with Crippen LogP contribution in [0.4, 0.5) is 0 Å². The fourth-order valence-electron chi connectivity index (χ4n) is 4.83. The van der Waals surface area contributed by atoms with Crippen LogP contribution in [0.3, 0.4) is 0 Å². The van der Waals surface area contributed by atoms with E-state index in [9.17, 15) is 4.79 Å². The molecule has 0 aromatic carbocycles. The fourth-order valence-corrected chi connectivity index (χ4v) is 4.83. The van der Waals surface area contributed by atoms with Crippen LogP contribution in [-0.2, 0) is 4.79 Å². The van der Waals surface area contributed by atoms with Crippen molar-refractivity contribution in [3.05, 3.63) is 0 Å². The molecule has 120 valence electrons. The molecule has 2 saturated heterocycles. The molecule has 0 N–H and O–H groups in total. The lowest BCUT2D eigenvalue weighted by molar-refractivity contribution is -0.130. The molecule has 0 radical (unpaired) electrons. The number of carbonyl (C=O) groups is 1. The summed E-state index contributed by atoms with van der Waals surface area (Å²) in [6.07, 6.45) is 11.2. The zero-order chi connectivity index (χ0) is 14.7. The van der Waals surface area contributed by atoms with Crippen LogP contribution in [0.15, 0.2) is 0 Å². The summed E-state index contributed by atoms with van der Waals surface area (Å²) in [5.41, 5.74) is 0. The van der Waals surface area contributed by atoms with Gasteiger partial charge in [0.25, 0.3) is 0 Å². The van der Waals surface area contributed by atoms with E-state index in [0.717, 1.165) is 30.8 Å². The van der Waals surface area contributed by atoms with Crippen LogP contribution in [0.1, 0.15) is 58.3 Å². The lowest BCUT2D eigenvalue weighted by Gasteiger charge is -2.34. The molecule has 3 aliphatic rings. The van der Waals surface area contributed by atoms with E-state index in [-0.39, 0.29) is 5.91 Å². The molecule has 2 aliphatic heterocycles. The Morgan fingerprint density at radius 2 is 1.57 bits per heavy atom. The van der Waals surface area contributed by atoms with Gasteiger partial charge in [0, 0.05) is 33.1 Å². The summed E-state index contributed by atoms with van der Waals surface area (Å²) in [5, 5.41) is 0. The van der Waals surface area contributed by atoms with E-state index < -0.39 is 0 Å². The van der Waals surface area contributed by atoms with E-state index in [0.29, 0.717) is 0 Å². The molecule has 0 aromatic heterocycles. The van der Waals surface area contributed by atoms with Gasteiger partial charge < -0.3 is 9.80 Å². The van der Waals surface area contributed by atoms with E-state index in [1.165, 1.54) is 71.0 Å². The maximum Gasteiger partial charge on any atom is 0.219 e. The quantitative estimate of drug-likeness (QED) is 0.798. The van der Waals surface area contributed by atoms with Crippen LogP contribution in [0.25, 0.3) is 0 Å². The number of hydrogen-bond acceptors (Lipinski definition) is 2. The summed E-state index contributed by atoms with van der Waals surface area (Å²) in [7, 11) is 0. The summed E-state index contributed by atoms with van der Waals surface area (Å²) >= 11 is 0. The maximum atomic E-state index is 11.4. The normalized spacial score (nSPS) is 30.0. The molecule has 0 aromatic rings. The Labute approximate surface area is 130 Å². The first kappa shape index (κ1) is 15.3. The largest absolute Gasteiger partial charge is 0.343 e. The Kier molecular flexibility index (Phi) is 5.20. The fraction of sp³-hybridized carbons (Fsp3) is 0.944. The SMILES string of the molecule is CC(=O)N1CCC(C2CCN(CC3CCCCC3)C2)CC1. The van der Waals surface area contributed by atoms with E-state index in [1.807, 2.05) is 4.90 Å². The van der Waals surface area contributed by atoms with E-state index >= 15 is 0 Å². The smallest absolute Gasteiger partial charge is 0.219 e. The first-order valence-electron chi connectivity index (χ1n) is 9.20. The minimum Gasteiger partial charge on any atom is -0.343 e. The van der Waals surface area contributed by atoms with Gasteiger partial charge in [-0.2, -0.15) is 0 Å². The van der Waals surface area contributed by atoms with E-state index in [1.54, 1.807) is 6.92 Å². The van der Waals surface area contributed by atoms with Gasteiger partial charge in [-0.1, -0.05) is 19.3 Å². The Morgan fingerprint density at radius 1 is 0.905 bits per heavy atom. The van der Waals surface area contributed by atoms with Crippen molar-refractivity contribution in [2.45, 2.75) is 58.3 Å². The predicted molar refractivity (Wildman–Crippen MR) is 86.1 cm³/mol. The molecule has 0 spiro atoms. The average molecular weight is 292 g/mol. The number of piperidine rings is 1. The van der Waals surface area contributed by atoms with Gasteiger partial charge in [-0.05, 0) is 56.4 Å². The average Bonchev–Trinajstić information content (AvgIpc) is 2.97. The Bertz CT molecular complexity index is 343. The molecule has 1 amide bonds. The minimum atomic E-state index is 0.263. The molecule has 1 atom stereocenters. The Morgan fingerprint density at radius 3 is 2.24 bits per heavy atom. The molecule has 3 heteroatoms. The number of nitrogens with zero attached hydrogens (tertiary/aromatic N) is 2. The molecule has 3 rings (SSSR count). The molecule has 1 aliphatic carbocycles. The zero-order valence-electron chi connectivity index (χ0n) is 13.7. The van der Waals surface area contributed by atoms with Crippen LogP contribution in [0.2, 0.25) is 0 Å². The van der Waals surface area contributed by atoms with Crippen LogP contribution in [-0.4, -0.2) is 48.4 Å². The zero-order valence-corrected chi connectivity index (χ0v) is 13.7. The molecule has 21 heavy (non-hydrogen) atoms. The van der Waals surface area contributed by atoms with Gasteiger partial charge in [0.15, 0.2) is 0 Å². The highest BCUT2D eigenvalue weighted by molar-refractivity contribution is 5.73. The maximum absolute atomic E-state index is 11.4. The van der Waals surface area contributed by atoms with Crippen LogP contribution in [0, 0.1) is 17.8 Å². The third-order valence-electron chi connectivity index (χ3n) is 6.20. The highest BCUT2D eigenvalue weighted by atomic mass is 16.2. The Balaban J connectivity index is 1.41. The monoisotopic (exact) mass is 292 g/mol. The first-order chi connectivity index (χ1) is 10.2. The van der Waals surface area contributed by atoms with Crippen LogP contribution >= 0.6 is 0 Å². The topological polar surface area (TPSA) is 23.6 Å². The van der Waals surface area contributed by atoms with Gasteiger partial charge in [0.2, 0.25) is 5.91 Å². The van der Waals surface area contributed by atoms with E-state index in [2.05, 4.69) is 4.90 Å². The number of hydrogen-bond donors (Lipinski definition) is 0. The highest BCUT2D eigenvalue weighted by Gasteiger charge is 2.33. The molecule has 0 bridgehead atoms. The third-order valence-corrected chi connectivity index (χ3v) is 6.20. The standard InChI is InChI=1S/C18H32N2O/c1-15(21)20-11-8-17(9-12-20)18-7-10-19(14-18)13-16-5-3-2-4-6-16/h16-18H,2-14H2,1H3. The highest BCUT2D eigenvalue weighted by Crippen LogP contribution is 2.33. The van der Waals surface area contributed by atoms with Crippen molar-refractivity contribution >= 4 is 5.91 Å². The second-order valence-corrected chi connectivity index (χ2v) is 7.66. The predicted octanol–water partition coefficient (Wildman–Crippen LogP) is 3.15. The van der Waals surface area contributed by atoms with Crippen molar-refractivity contribution in [3.8, 4) is 0 Å². The lowest BCUT2D eigenvalue weighted by atomic mass is 9.83. The molecule has 1 unspecified atom stereocenters. The molecule has 3 fully saturated rings. The van der Waals surface area contributed by atoms with Crippen LogP contribution < -0.4 is 0 Å². The number of likely N-dealkylation sites (tertiary alicyclic amines) is 2. The van der Waals surface area contributed by atoms with Gasteiger partial charge >= 0.3 is 0 Å². The molecular weight excluding hydrogens is 260 g/mol. The minimum absolute atomic E-state index is 0.263. The second kappa shape index (κ2) is 7.13. The van der Waals surface area contributed by atoms with Crippen molar-refractivity contribution in [2.24, 2.45) is 17.8 Å². The van der Waals surface area contributed by atoms with Crippen LogP contribution in [0.5, 0.6) is 0 Å². The number of rotatable bonds is 3.